The third-order valence-corrected chi connectivity index (χ3v) is 7.59. The first-order valence-electron chi connectivity index (χ1n) is 14.3. The van der Waals surface area contributed by atoms with Crippen LogP contribution in [0.2, 0.25) is 0 Å². The second-order valence-electron chi connectivity index (χ2n) is 11.9. The molecule has 1 aliphatic heterocycles. The third-order valence-electron chi connectivity index (χ3n) is 7.59. The van der Waals surface area contributed by atoms with E-state index >= 15 is 0 Å². The molecule has 1 aromatic carbocycles. The molecular formula is C30H35F3N8O4. The summed E-state index contributed by atoms with van der Waals surface area (Å²) in [6, 6.07) is 5.88. The molecule has 0 bridgehead atoms. The number of hydrogen-bond acceptors (Lipinski definition) is 10. The molecule has 4 N–H and O–H groups in total. The van der Waals surface area contributed by atoms with E-state index in [1.54, 1.807) is 54.9 Å². The molecule has 0 saturated carbocycles. The number of piperidine rings is 1. The van der Waals surface area contributed by atoms with E-state index in [1.807, 2.05) is 0 Å². The summed E-state index contributed by atoms with van der Waals surface area (Å²) in [5.41, 5.74) is 6.48. The highest BCUT2D eigenvalue weighted by Crippen LogP contribution is 2.36. The van der Waals surface area contributed by atoms with Crippen molar-refractivity contribution in [2.75, 3.05) is 30.8 Å². The van der Waals surface area contributed by atoms with Gasteiger partial charge in [-0.25, -0.2) is 32.9 Å². The molecule has 15 heteroatoms. The molecule has 12 nitrogen and oxygen atoms in total. The zero-order valence-corrected chi connectivity index (χ0v) is 25.3. The van der Waals surface area contributed by atoms with Gasteiger partial charge in [-0.1, -0.05) is 0 Å². The van der Waals surface area contributed by atoms with Gasteiger partial charge in [0.2, 0.25) is 0 Å². The van der Waals surface area contributed by atoms with E-state index in [-0.39, 0.29) is 31.1 Å². The second-order valence-corrected chi connectivity index (χ2v) is 11.9. The topological polar surface area (TPSA) is 154 Å². The van der Waals surface area contributed by atoms with Crippen molar-refractivity contribution >= 4 is 28.8 Å². The number of methoxy groups -OCH3 is 1. The van der Waals surface area contributed by atoms with Crippen molar-refractivity contribution in [1.29, 1.82) is 0 Å². The van der Waals surface area contributed by atoms with Gasteiger partial charge in [0.1, 0.15) is 35.1 Å². The summed E-state index contributed by atoms with van der Waals surface area (Å²) in [7, 11) is 1.43. The van der Waals surface area contributed by atoms with Gasteiger partial charge < -0.3 is 35.1 Å². The molecule has 1 amide bonds. The largest absolute Gasteiger partial charge is 0.496 e. The number of aliphatic hydroxyl groups is 1. The molecule has 0 radical (unpaired) electrons. The zero-order chi connectivity index (χ0) is 32.5. The van der Waals surface area contributed by atoms with Crippen molar-refractivity contribution in [2.24, 2.45) is 0 Å². The Hall–Kier alpha value is -4.66. The van der Waals surface area contributed by atoms with Crippen LogP contribution in [0.5, 0.6) is 5.75 Å². The van der Waals surface area contributed by atoms with E-state index in [0.717, 1.165) is 0 Å². The average Bonchev–Trinajstić information content (AvgIpc) is 3.39. The van der Waals surface area contributed by atoms with Gasteiger partial charge in [0, 0.05) is 24.7 Å². The number of ether oxygens (including phenoxy) is 2. The normalized spacial score (nSPS) is 17.8. The number of halogens is 3. The lowest BCUT2D eigenvalue weighted by Crippen LogP contribution is -2.67. The van der Waals surface area contributed by atoms with Gasteiger partial charge in [-0.15, -0.1) is 0 Å². The van der Waals surface area contributed by atoms with Crippen LogP contribution in [0.25, 0.3) is 22.4 Å². The molecule has 0 aliphatic carbocycles. The summed E-state index contributed by atoms with van der Waals surface area (Å²) in [6.07, 6.45) is -1.31. The number of nitrogen functional groups attached to an aromatic ring is 1. The fourth-order valence-electron chi connectivity index (χ4n) is 5.58. The lowest BCUT2D eigenvalue weighted by atomic mass is 9.83. The van der Waals surface area contributed by atoms with Crippen molar-refractivity contribution in [3.05, 3.63) is 54.5 Å². The van der Waals surface area contributed by atoms with Gasteiger partial charge in [-0.2, -0.15) is 0 Å². The van der Waals surface area contributed by atoms with Crippen LogP contribution < -0.4 is 20.7 Å². The van der Waals surface area contributed by atoms with Gasteiger partial charge in [0.05, 0.1) is 43.1 Å². The summed E-state index contributed by atoms with van der Waals surface area (Å²) in [5, 5.41) is 13.3. The molecule has 240 valence electrons. The number of aliphatic hydroxyl groups excluding tert-OH is 1. The van der Waals surface area contributed by atoms with E-state index in [1.165, 1.54) is 25.6 Å². The number of carbonyl (C=O) groups excluding carboxylic acids is 1. The summed E-state index contributed by atoms with van der Waals surface area (Å²) in [4.78, 5) is 31.9. The number of rotatable bonds is 8. The molecular weight excluding hydrogens is 593 g/mol. The summed E-state index contributed by atoms with van der Waals surface area (Å²) in [5.74, 6) is 0.00296. The number of carbonyl (C=O) groups is 1. The molecule has 4 heterocycles. The molecule has 2 atom stereocenters. The van der Waals surface area contributed by atoms with E-state index < -0.39 is 35.6 Å². The predicted molar refractivity (Wildman–Crippen MR) is 161 cm³/mol. The molecule has 2 unspecified atom stereocenters. The minimum absolute atomic E-state index is 0.0875. The smallest absolute Gasteiger partial charge is 0.408 e. The van der Waals surface area contributed by atoms with Crippen molar-refractivity contribution < 1.29 is 32.5 Å². The minimum Gasteiger partial charge on any atom is -0.496 e. The number of anilines is 2. The fourth-order valence-corrected chi connectivity index (χ4v) is 5.58. The molecule has 45 heavy (non-hydrogen) atoms. The molecule has 0 spiro atoms. The van der Waals surface area contributed by atoms with Gasteiger partial charge in [-0.3, -0.25) is 4.98 Å². The number of pyridine rings is 1. The Balaban J connectivity index is 1.59. The number of alkyl halides is 2. The first-order chi connectivity index (χ1) is 21.3. The number of fused-ring (bicyclic) bond motifs is 1. The highest BCUT2D eigenvalue weighted by atomic mass is 19.3. The van der Waals surface area contributed by atoms with Crippen LogP contribution in [0.15, 0.2) is 43.1 Å². The monoisotopic (exact) mass is 628 g/mol. The maximum absolute atomic E-state index is 14.1. The molecule has 1 fully saturated rings. The number of nitrogens with zero attached hydrogens (tertiary/aromatic N) is 6. The molecule has 4 aromatic rings. The molecule has 5 rings (SSSR count). The number of hydrogen-bond donors (Lipinski definition) is 3. The van der Waals surface area contributed by atoms with Gasteiger partial charge in [0.25, 0.3) is 6.43 Å². The van der Waals surface area contributed by atoms with Crippen LogP contribution in [0, 0.1) is 5.82 Å². The number of imidazole rings is 1. The zero-order valence-electron chi connectivity index (χ0n) is 25.3. The molecule has 1 saturated heterocycles. The van der Waals surface area contributed by atoms with Crippen LogP contribution in [0.3, 0.4) is 0 Å². The van der Waals surface area contributed by atoms with Crippen molar-refractivity contribution in [2.45, 2.75) is 63.8 Å². The maximum atomic E-state index is 14.1. The summed E-state index contributed by atoms with van der Waals surface area (Å²) >= 11 is 0. The predicted octanol–water partition coefficient (Wildman–Crippen LogP) is 4.16. The van der Waals surface area contributed by atoms with Crippen LogP contribution in [0.4, 0.5) is 29.5 Å². The lowest BCUT2D eigenvalue weighted by molar-refractivity contribution is -0.0664. The Kier molecular flexibility index (Phi) is 8.74. The maximum Gasteiger partial charge on any atom is 0.408 e. The number of nitrogens with two attached hydrogens (primary N) is 1. The summed E-state index contributed by atoms with van der Waals surface area (Å²) < 4.78 is 54.7. The van der Waals surface area contributed by atoms with Crippen molar-refractivity contribution in [3.8, 4) is 17.0 Å². The number of benzene rings is 1. The average molecular weight is 629 g/mol. The van der Waals surface area contributed by atoms with Gasteiger partial charge in [0.15, 0.2) is 11.5 Å². The Morgan fingerprint density at radius 3 is 2.69 bits per heavy atom. The van der Waals surface area contributed by atoms with Gasteiger partial charge in [-0.05, 0) is 57.4 Å². The van der Waals surface area contributed by atoms with Crippen LogP contribution in [-0.2, 0) is 11.3 Å². The number of amides is 1. The van der Waals surface area contributed by atoms with E-state index in [9.17, 15) is 23.1 Å². The van der Waals surface area contributed by atoms with Crippen molar-refractivity contribution in [3.63, 3.8) is 0 Å². The van der Waals surface area contributed by atoms with Crippen LogP contribution in [-0.4, -0.2) is 79.6 Å². The van der Waals surface area contributed by atoms with E-state index in [0.29, 0.717) is 46.6 Å². The summed E-state index contributed by atoms with van der Waals surface area (Å²) in [6.45, 7) is 5.42. The Bertz CT molecular complexity index is 1700. The van der Waals surface area contributed by atoms with Crippen LogP contribution in [0.1, 0.15) is 39.2 Å². The Labute approximate surface area is 257 Å². The second kappa shape index (κ2) is 12.4. The highest BCUT2D eigenvalue weighted by Gasteiger charge is 2.48. The third kappa shape index (κ3) is 6.72. The molecule has 3 aromatic heterocycles. The SMILES string of the molecule is COc1cc(F)ccc1-c1cc(Cn2cnc3c(N)ncnc32)c(N2CCCC(NC(=O)OC(C)(C)C)(C(O)C(F)F)C2)cn1. The first kappa shape index (κ1) is 31.8. The fraction of sp³-hybridized carbons (Fsp3) is 0.433. The minimum atomic E-state index is -3.13. The highest BCUT2D eigenvalue weighted by molar-refractivity contribution is 5.81. The Morgan fingerprint density at radius 2 is 1.98 bits per heavy atom. The first-order valence-corrected chi connectivity index (χ1v) is 14.3. The Morgan fingerprint density at radius 1 is 1.20 bits per heavy atom. The standard InChI is InChI=1S/C30H35F3N8O4/c1-29(2,3)45-28(43)39-30(24(42)25(32)33)8-5-9-40(14-30)21-12-35-20(19-7-6-18(31)11-22(19)44-4)10-17(21)13-41-16-38-23-26(34)36-15-37-27(23)41/h6-7,10-12,15-16,24-25,42H,5,8-9,13-14H2,1-4H3,(H,39,43)(H2,34,36,37). The lowest BCUT2D eigenvalue weighted by Gasteiger charge is -2.46. The quantitative estimate of drug-likeness (QED) is 0.259. The molecule has 1 aliphatic rings. The number of nitrogens with one attached hydrogen (secondary N) is 1. The number of aromatic nitrogens is 5. The van der Waals surface area contributed by atoms with Crippen LogP contribution >= 0.6 is 0 Å². The number of alkyl carbamates (subject to hydrolysis) is 1. The van der Waals surface area contributed by atoms with E-state index in [4.69, 9.17) is 15.2 Å². The van der Waals surface area contributed by atoms with Crippen molar-refractivity contribution in [1.82, 2.24) is 29.8 Å². The van der Waals surface area contributed by atoms with Gasteiger partial charge >= 0.3 is 6.09 Å². The van der Waals surface area contributed by atoms with E-state index in [2.05, 4.69) is 25.3 Å².